The van der Waals surface area contributed by atoms with Crippen molar-refractivity contribution < 1.29 is 4.74 Å². The highest BCUT2D eigenvalue weighted by Crippen LogP contribution is 2.24. The van der Waals surface area contributed by atoms with E-state index in [2.05, 4.69) is 24.5 Å². The minimum absolute atomic E-state index is 0.201. The summed E-state index contributed by atoms with van der Waals surface area (Å²) < 4.78 is 5.74. The van der Waals surface area contributed by atoms with Gasteiger partial charge in [-0.1, -0.05) is 26.0 Å². The van der Waals surface area contributed by atoms with Crippen molar-refractivity contribution in [1.82, 2.24) is 5.32 Å². The first-order chi connectivity index (χ1) is 8.09. The fourth-order valence-corrected chi connectivity index (χ4v) is 1.53. The van der Waals surface area contributed by atoms with Gasteiger partial charge in [-0.05, 0) is 26.0 Å². The van der Waals surface area contributed by atoms with Crippen molar-refractivity contribution in [2.45, 2.75) is 39.8 Å². The van der Waals surface area contributed by atoms with Gasteiger partial charge in [-0.3, -0.25) is 0 Å². The lowest BCUT2D eigenvalue weighted by molar-refractivity contribution is 0.243. The number of anilines is 1. The third-order valence-corrected chi connectivity index (χ3v) is 2.24. The van der Waals surface area contributed by atoms with Gasteiger partial charge < -0.3 is 15.4 Å². The van der Waals surface area contributed by atoms with Crippen molar-refractivity contribution >= 4 is 5.69 Å². The van der Waals surface area contributed by atoms with Gasteiger partial charge in [0.25, 0.3) is 0 Å². The minimum atomic E-state index is 0.201. The van der Waals surface area contributed by atoms with E-state index in [9.17, 15) is 0 Å². The van der Waals surface area contributed by atoms with Gasteiger partial charge in [0.2, 0.25) is 0 Å². The van der Waals surface area contributed by atoms with Crippen LogP contribution in [0.1, 0.15) is 27.7 Å². The zero-order chi connectivity index (χ0) is 12.7. The maximum atomic E-state index is 5.74. The van der Waals surface area contributed by atoms with Crippen LogP contribution in [0, 0.1) is 0 Å². The number of para-hydroxylation sites is 2. The fourth-order valence-electron chi connectivity index (χ4n) is 1.53. The standard InChI is InChI=1S/C14H24N2O/c1-11(2)15-9-10-16-13-7-5-6-8-14(13)17-12(3)4/h5-8,11-12,15-16H,9-10H2,1-4H3. The SMILES string of the molecule is CC(C)NCCNc1ccccc1OC(C)C. The zero-order valence-electron chi connectivity index (χ0n) is 11.3. The Morgan fingerprint density at radius 2 is 1.76 bits per heavy atom. The number of nitrogens with one attached hydrogen (secondary N) is 2. The van der Waals surface area contributed by atoms with Gasteiger partial charge in [0.1, 0.15) is 5.75 Å². The second-order valence-corrected chi connectivity index (χ2v) is 4.70. The molecule has 0 atom stereocenters. The van der Waals surface area contributed by atoms with E-state index in [1.165, 1.54) is 0 Å². The van der Waals surface area contributed by atoms with Crippen LogP contribution < -0.4 is 15.4 Å². The molecule has 2 N–H and O–H groups in total. The molecule has 17 heavy (non-hydrogen) atoms. The summed E-state index contributed by atoms with van der Waals surface area (Å²) in [6.07, 6.45) is 0.201. The average molecular weight is 236 g/mol. The molecule has 0 amide bonds. The van der Waals surface area contributed by atoms with Crippen molar-refractivity contribution in [2.24, 2.45) is 0 Å². The molecule has 3 nitrogen and oxygen atoms in total. The van der Waals surface area contributed by atoms with Gasteiger partial charge in [-0.15, -0.1) is 0 Å². The summed E-state index contributed by atoms with van der Waals surface area (Å²) in [6.45, 7) is 10.2. The molecule has 0 aliphatic rings. The summed E-state index contributed by atoms with van der Waals surface area (Å²) in [5.41, 5.74) is 1.06. The van der Waals surface area contributed by atoms with Crippen LogP contribution in [0.4, 0.5) is 5.69 Å². The Morgan fingerprint density at radius 1 is 1.06 bits per heavy atom. The number of hydrogen-bond donors (Lipinski definition) is 2. The van der Waals surface area contributed by atoms with Crippen LogP contribution in [-0.2, 0) is 0 Å². The molecule has 0 saturated carbocycles. The predicted molar refractivity (Wildman–Crippen MR) is 73.8 cm³/mol. The Hall–Kier alpha value is -1.22. The largest absolute Gasteiger partial charge is 0.489 e. The third-order valence-electron chi connectivity index (χ3n) is 2.24. The molecule has 0 aliphatic carbocycles. The molecular weight excluding hydrogens is 212 g/mol. The Morgan fingerprint density at radius 3 is 2.41 bits per heavy atom. The minimum Gasteiger partial charge on any atom is -0.489 e. The maximum Gasteiger partial charge on any atom is 0.142 e. The molecule has 1 aromatic rings. The van der Waals surface area contributed by atoms with Crippen LogP contribution in [0.5, 0.6) is 5.75 Å². The topological polar surface area (TPSA) is 33.3 Å². The predicted octanol–water partition coefficient (Wildman–Crippen LogP) is 2.88. The van der Waals surface area contributed by atoms with Gasteiger partial charge in [-0.2, -0.15) is 0 Å². The Bertz CT molecular complexity index is 324. The Labute approximate surface area is 105 Å². The molecule has 0 unspecified atom stereocenters. The van der Waals surface area contributed by atoms with E-state index in [0.29, 0.717) is 6.04 Å². The summed E-state index contributed by atoms with van der Waals surface area (Å²) >= 11 is 0. The average Bonchev–Trinajstić information content (AvgIpc) is 2.25. The van der Waals surface area contributed by atoms with Gasteiger partial charge >= 0.3 is 0 Å². The van der Waals surface area contributed by atoms with E-state index < -0.39 is 0 Å². The van der Waals surface area contributed by atoms with Crippen LogP contribution in [0.3, 0.4) is 0 Å². The molecule has 0 saturated heterocycles. The lowest BCUT2D eigenvalue weighted by atomic mass is 10.3. The lowest BCUT2D eigenvalue weighted by Crippen LogP contribution is -2.28. The van der Waals surface area contributed by atoms with Gasteiger partial charge in [0, 0.05) is 19.1 Å². The summed E-state index contributed by atoms with van der Waals surface area (Å²) in [6, 6.07) is 8.59. The maximum absolute atomic E-state index is 5.74. The summed E-state index contributed by atoms with van der Waals surface area (Å²) in [4.78, 5) is 0. The second kappa shape index (κ2) is 7.17. The van der Waals surface area contributed by atoms with Crippen molar-refractivity contribution in [3.05, 3.63) is 24.3 Å². The molecule has 0 aliphatic heterocycles. The van der Waals surface area contributed by atoms with Crippen molar-refractivity contribution in [3.63, 3.8) is 0 Å². The van der Waals surface area contributed by atoms with E-state index in [0.717, 1.165) is 24.5 Å². The van der Waals surface area contributed by atoms with Gasteiger partial charge in [0.05, 0.1) is 11.8 Å². The molecular formula is C14H24N2O. The van der Waals surface area contributed by atoms with Crippen molar-refractivity contribution in [2.75, 3.05) is 18.4 Å². The van der Waals surface area contributed by atoms with Crippen molar-refractivity contribution in [3.8, 4) is 5.75 Å². The first-order valence-electron chi connectivity index (χ1n) is 6.32. The zero-order valence-corrected chi connectivity index (χ0v) is 11.3. The van der Waals surface area contributed by atoms with E-state index in [4.69, 9.17) is 4.74 Å². The number of hydrogen-bond acceptors (Lipinski definition) is 3. The van der Waals surface area contributed by atoms with Gasteiger partial charge in [0.15, 0.2) is 0 Å². The van der Waals surface area contributed by atoms with Gasteiger partial charge in [-0.25, -0.2) is 0 Å². The van der Waals surface area contributed by atoms with E-state index in [1.54, 1.807) is 0 Å². The fraction of sp³-hybridized carbons (Fsp3) is 0.571. The van der Waals surface area contributed by atoms with Crippen LogP contribution >= 0.6 is 0 Å². The Kier molecular flexibility index (Phi) is 5.84. The second-order valence-electron chi connectivity index (χ2n) is 4.70. The quantitative estimate of drug-likeness (QED) is 0.714. The molecule has 0 fully saturated rings. The van der Waals surface area contributed by atoms with Crippen LogP contribution in [0.2, 0.25) is 0 Å². The number of rotatable bonds is 7. The molecule has 0 bridgehead atoms. The molecule has 0 aromatic heterocycles. The lowest BCUT2D eigenvalue weighted by Gasteiger charge is -2.16. The molecule has 0 spiro atoms. The number of benzene rings is 1. The van der Waals surface area contributed by atoms with Crippen LogP contribution in [0.15, 0.2) is 24.3 Å². The van der Waals surface area contributed by atoms with E-state index in [-0.39, 0.29) is 6.10 Å². The number of ether oxygens (including phenoxy) is 1. The molecule has 0 radical (unpaired) electrons. The Balaban J connectivity index is 2.46. The highest BCUT2D eigenvalue weighted by Gasteiger charge is 2.03. The van der Waals surface area contributed by atoms with Crippen LogP contribution in [-0.4, -0.2) is 25.2 Å². The molecule has 0 heterocycles. The summed E-state index contributed by atoms with van der Waals surface area (Å²) in [5.74, 6) is 0.923. The van der Waals surface area contributed by atoms with E-state index >= 15 is 0 Å². The third kappa shape index (κ3) is 5.59. The highest BCUT2D eigenvalue weighted by molar-refractivity contribution is 5.56. The molecule has 3 heteroatoms. The molecule has 1 aromatic carbocycles. The smallest absolute Gasteiger partial charge is 0.142 e. The van der Waals surface area contributed by atoms with E-state index in [1.807, 2.05) is 38.1 Å². The van der Waals surface area contributed by atoms with Crippen molar-refractivity contribution in [1.29, 1.82) is 0 Å². The summed E-state index contributed by atoms with van der Waals surface area (Å²) in [5, 5.41) is 6.76. The first-order valence-corrected chi connectivity index (χ1v) is 6.32. The first kappa shape index (κ1) is 13.8. The highest BCUT2D eigenvalue weighted by atomic mass is 16.5. The molecule has 1 rings (SSSR count). The molecule has 96 valence electrons. The summed E-state index contributed by atoms with van der Waals surface area (Å²) in [7, 11) is 0. The monoisotopic (exact) mass is 236 g/mol. The normalized spacial score (nSPS) is 10.9. The van der Waals surface area contributed by atoms with Crippen LogP contribution in [0.25, 0.3) is 0 Å².